The molecule has 2 rings (SSSR count). The molecule has 0 bridgehead atoms. The molecule has 0 saturated carbocycles. The third kappa shape index (κ3) is 1.94. The van der Waals surface area contributed by atoms with Crippen molar-refractivity contribution in [2.24, 2.45) is 0 Å². The van der Waals surface area contributed by atoms with Gasteiger partial charge in [-0.15, -0.1) is 11.3 Å². The predicted octanol–water partition coefficient (Wildman–Crippen LogP) is 3.83. The van der Waals surface area contributed by atoms with Gasteiger partial charge in [0.1, 0.15) is 4.83 Å². The second-order valence-electron chi connectivity index (χ2n) is 4.62. The van der Waals surface area contributed by atoms with Crippen molar-refractivity contribution >= 4 is 38.8 Å². The zero-order chi connectivity index (χ0) is 11.2. The molecule has 80 valence electrons. The third-order valence-electron chi connectivity index (χ3n) is 2.28. The molecule has 2 aromatic rings. The summed E-state index contributed by atoms with van der Waals surface area (Å²) in [4.78, 5) is 5.50. The van der Waals surface area contributed by atoms with Crippen LogP contribution in [-0.2, 0) is 5.41 Å². The van der Waals surface area contributed by atoms with Crippen LogP contribution >= 0.6 is 22.9 Å². The van der Waals surface area contributed by atoms with E-state index in [2.05, 4.69) is 25.8 Å². The highest BCUT2D eigenvalue weighted by molar-refractivity contribution is 7.22. The van der Waals surface area contributed by atoms with Gasteiger partial charge in [0.25, 0.3) is 0 Å². The van der Waals surface area contributed by atoms with Crippen molar-refractivity contribution in [2.45, 2.75) is 26.2 Å². The first-order valence-corrected chi connectivity index (χ1v) is 5.93. The Kier molecular flexibility index (Phi) is 2.40. The van der Waals surface area contributed by atoms with Crippen LogP contribution < -0.4 is 5.73 Å². The van der Waals surface area contributed by atoms with Gasteiger partial charge in [0.15, 0.2) is 0 Å². The number of rotatable bonds is 0. The molecule has 2 heterocycles. The van der Waals surface area contributed by atoms with Gasteiger partial charge in [-0.3, -0.25) is 0 Å². The topological polar surface area (TPSA) is 38.9 Å². The second-order valence-corrected chi connectivity index (χ2v) is 6.28. The molecule has 0 atom stereocenters. The molecule has 15 heavy (non-hydrogen) atoms. The minimum absolute atomic E-state index is 0.0127. The molecule has 0 aliphatic carbocycles. The van der Waals surface area contributed by atoms with Gasteiger partial charge in [-0.25, -0.2) is 4.98 Å². The van der Waals surface area contributed by atoms with Crippen LogP contribution in [-0.4, -0.2) is 4.98 Å². The highest BCUT2D eigenvalue weighted by Gasteiger charge is 2.18. The molecular formula is C11H13ClN2S. The Morgan fingerprint density at radius 2 is 2.00 bits per heavy atom. The SMILES string of the molecule is CC(C)(C)c1cc(N)c2cc(Cl)sc2n1. The van der Waals surface area contributed by atoms with Crippen LogP contribution in [0.15, 0.2) is 12.1 Å². The quantitative estimate of drug-likeness (QED) is 0.760. The minimum Gasteiger partial charge on any atom is -0.398 e. The first kappa shape index (κ1) is 10.7. The number of halogens is 1. The number of pyridine rings is 1. The summed E-state index contributed by atoms with van der Waals surface area (Å²) in [6.45, 7) is 6.36. The van der Waals surface area contributed by atoms with E-state index in [0.717, 1.165) is 25.9 Å². The van der Waals surface area contributed by atoms with E-state index in [1.165, 1.54) is 11.3 Å². The van der Waals surface area contributed by atoms with Crippen molar-refractivity contribution in [3.8, 4) is 0 Å². The Bertz CT molecular complexity index is 511. The van der Waals surface area contributed by atoms with E-state index in [1.807, 2.05) is 12.1 Å². The molecule has 4 heteroatoms. The summed E-state index contributed by atoms with van der Waals surface area (Å²) in [5.41, 5.74) is 7.75. The fourth-order valence-electron chi connectivity index (χ4n) is 1.39. The fourth-order valence-corrected chi connectivity index (χ4v) is 2.51. The standard InChI is InChI=1S/C11H13ClN2S/c1-11(2,3)8-5-7(13)6-4-9(12)15-10(6)14-8/h4-5H,1-3H3,(H2,13,14). The highest BCUT2D eigenvalue weighted by atomic mass is 35.5. The zero-order valence-electron chi connectivity index (χ0n) is 8.97. The molecule has 0 saturated heterocycles. The molecule has 0 aromatic carbocycles. The number of hydrogen-bond donors (Lipinski definition) is 1. The van der Waals surface area contributed by atoms with Crippen LogP contribution in [0, 0.1) is 0 Å². The molecule has 2 aromatic heterocycles. The Hall–Kier alpha value is -0.800. The lowest BCUT2D eigenvalue weighted by Crippen LogP contribution is -2.13. The molecule has 0 spiro atoms. The normalized spacial score (nSPS) is 12.3. The number of hydrogen-bond acceptors (Lipinski definition) is 3. The van der Waals surface area contributed by atoms with Gasteiger partial charge in [-0.1, -0.05) is 32.4 Å². The molecule has 2 nitrogen and oxygen atoms in total. The molecule has 0 amide bonds. The summed E-state index contributed by atoms with van der Waals surface area (Å²) in [5, 5.41) is 0.956. The minimum atomic E-state index is 0.0127. The number of nitrogens with two attached hydrogens (primary N) is 1. The van der Waals surface area contributed by atoms with E-state index < -0.39 is 0 Å². The maximum absolute atomic E-state index is 5.98. The lowest BCUT2D eigenvalue weighted by atomic mass is 9.91. The lowest BCUT2D eigenvalue weighted by Gasteiger charge is -2.18. The molecule has 0 radical (unpaired) electrons. The molecule has 2 N–H and O–H groups in total. The summed E-state index contributed by atoms with van der Waals surface area (Å²) in [5.74, 6) is 0. The van der Waals surface area contributed by atoms with E-state index in [-0.39, 0.29) is 5.41 Å². The third-order valence-corrected chi connectivity index (χ3v) is 3.43. The number of fused-ring (bicyclic) bond motifs is 1. The van der Waals surface area contributed by atoms with E-state index in [9.17, 15) is 0 Å². The van der Waals surface area contributed by atoms with E-state index in [4.69, 9.17) is 17.3 Å². The molecule has 0 aliphatic rings. The van der Waals surface area contributed by atoms with Gasteiger partial charge in [0.05, 0.1) is 4.34 Å². The van der Waals surface area contributed by atoms with Gasteiger partial charge in [0, 0.05) is 22.2 Å². The van der Waals surface area contributed by atoms with Crippen molar-refractivity contribution in [1.29, 1.82) is 0 Å². The van der Waals surface area contributed by atoms with Crippen LogP contribution in [0.1, 0.15) is 26.5 Å². The molecule has 0 fully saturated rings. The summed E-state index contributed by atoms with van der Waals surface area (Å²) < 4.78 is 0.732. The van der Waals surface area contributed by atoms with E-state index in [0.29, 0.717) is 0 Å². The van der Waals surface area contributed by atoms with Crippen molar-refractivity contribution in [2.75, 3.05) is 5.73 Å². The number of anilines is 1. The van der Waals surface area contributed by atoms with Crippen molar-refractivity contribution < 1.29 is 0 Å². The maximum Gasteiger partial charge on any atom is 0.127 e. The summed E-state index contributed by atoms with van der Waals surface area (Å²) >= 11 is 7.42. The van der Waals surface area contributed by atoms with Crippen LogP contribution in [0.3, 0.4) is 0 Å². The van der Waals surface area contributed by atoms with Crippen LogP contribution in [0.4, 0.5) is 5.69 Å². The number of aromatic nitrogens is 1. The molecular weight excluding hydrogens is 228 g/mol. The van der Waals surface area contributed by atoms with Crippen LogP contribution in [0.5, 0.6) is 0 Å². The second kappa shape index (κ2) is 3.35. The number of thiophene rings is 1. The van der Waals surface area contributed by atoms with Gasteiger partial charge >= 0.3 is 0 Å². The Balaban J connectivity index is 2.72. The van der Waals surface area contributed by atoms with Gasteiger partial charge in [0.2, 0.25) is 0 Å². The summed E-state index contributed by atoms with van der Waals surface area (Å²) in [6, 6.07) is 3.81. The van der Waals surface area contributed by atoms with Gasteiger partial charge in [-0.2, -0.15) is 0 Å². The summed E-state index contributed by atoms with van der Waals surface area (Å²) in [6.07, 6.45) is 0. The lowest BCUT2D eigenvalue weighted by molar-refractivity contribution is 0.572. The average molecular weight is 241 g/mol. The van der Waals surface area contributed by atoms with Gasteiger partial charge in [-0.05, 0) is 12.1 Å². The maximum atomic E-state index is 5.98. The van der Waals surface area contributed by atoms with Crippen LogP contribution in [0.25, 0.3) is 10.2 Å². The summed E-state index contributed by atoms with van der Waals surface area (Å²) in [7, 11) is 0. The Morgan fingerprint density at radius 1 is 1.33 bits per heavy atom. The van der Waals surface area contributed by atoms with Crippen molar-refractivity contribution in [1.82, 2.24) is 4.98 Å². The molecule has 0 unspecified atom stereocenters. The van der Waals surface area contributed by atoms with Crippen molar-refractivity contribution in [3.05, 3.63) is 22.2 Å². The average Bonchev–Trinajstić information content (AvgIpc) is 2.44. The number of nitrogens with zero attached hydrogens (tertiary/aromatic N) is 1. The Labute approximate surface area is 98.1 Å². The van der Waals surface area contributed by atoms with Crippen LogP contribution in [0.2, 0.25) is 4.34 Å². The Morgan fingerprint density at radius 3 is 2.60 bits per heavy atom. The van der Waals surface area contributed by atoms with E-state index >= 15 is 0 Å². The predicted molar refractivity (Wildman–Crippen MR) is 67.7 cm³/mol. The largest absolute Gasteiger partial charge is 0.398 e. The first-order chi connectivity index (χ1) is 6.88. The molecule has 0 aliphatic heterocycles. The first-order valence-electron chi connectivity index (χ1n) is 4.74. The highest BCUT2D eigenvalue weighted by Crippen LogP contribution is 2.34. The van der Waals surface area contributed by atoms with E-state index in [1.54, 1.807) is 0 Å². The van der Waals surface area contributed by atoms with Crippen molar-refractivity contribution in [3.63, 3.8) is 0 Å². The monoisotopic (exact) mass is 240 g/mol. The smallest absolute Gasteiger partial charge is 0.127 e. The number of nitrogen functional groups attached to an aromatic ring is 1. The van der Waals surface area contributed by atoms with Gasteiger partial charge < -0.3 is 5.73 Å². The fraction of sp³-hybridized carbons (Fsp3) is 0.364. The zero-order valence-corrected chi connectivity index (χ0v) is 10.5.